The zero-order valence-corrected chi connectivity index (χ0v) is 37.4. The van der Waals surface area contributed by atoms with E-state index in [-0.39, 0.29) is 70.5 Å². The summed E-state index contributed by atoms with van der Waals surface area (Å²) in [4.78, 5) is 23.6. The minimum atomic E-state index is -5.23. The molecule has 66 heavy (non-hydrogen) atoms. The molecular formula is C35H34Cl2N13O13S3-. The first-order valence-corrected chi connectivity index (χ1v) is 23.4. The van der Waals surface area contributed by atoms with Gasteiger partial charge in [-0.3, -0.25) is 13.7 Å². The van der Waals surface area contributed by atoms with Crippen molar-refractivity contribution in [2.75, 3.05) is 54.2 Å². The van der Waals surface area contributed by atoms with Crippen molar-refractivity contribution in [2.45, 2.75) is 27.3 Å². The Morgan fingerprint density at radius 3 is 2.03 bits per heavy atom. The number of phenolic OH excluding ortho intramolecular Hbond substituents is 1. The molecule has 0 saturated carbocycles. The summed E-state index contributed by atoms with van der Waals surface area (Å²) in [5, 5.41) is 46.0. The topological polar surface area (TPSA) is 398 Å². The number of azo groups is 1. The maximum absolute atomic E-state index is 12.5. The number of rotatable bonds is 19. The van der Waals surface area contributed by atoms with Crippen LogP contribution in [0.4, 0.5) is 46.5 Å². The number of hydrogen-bond acceptors (Lipinski definition) is 22. The van der Waals surface area contributed by atoms with Crippen LogP contribution in [-0.4, -0.2) is 117 Å². The summed E-state index contributed by atoms with van der Waals surface area (Å²) in [7, 11) is -14.6. The Labute approximate surface area is 383 Å². The summed E-state index contributed by atoms with van der Waals surface area (Å²) >= 11 is 12.4. The van der Waals surface area contributed by atoms with Gasteiger partial charge in [-0.2, -0.15) is 55.2 Å². The summed E-state index contributed by atoms with van der Waals surface area (Å²) in [6.07, 6.45) is -1.04. The highest BCUT2D eigenvalue weighted by Gasteiger charge is 2.27. The van der Waals surface area contributed by atoms with Gasteiger partial charge in [-0.25, -0.2) is 0 Å². The van der Waals surface area contributed by atoms with Crippen LogP contribution in [0.15, 0.2) is 85.6 Å². The van der Waals surface area contributed by atoms with E-state index in [1.807, 2.05) is 0 Å². The van der Waals surface area contributed by atoms with Gasteiger partial charge in [0.15, 0.2) is 5.75 Å². The number of methoxy groups -OCH3 is 1. The van der Waals surface area contributed by atoms with Gasteiger partial charge < -0.3 is 46.6 Å². The number of aliphatic hydroxyl groups is 2. The molecule has 0 fully saturated rings. The van der Waals surface area contributed by atoms with Crippen LogP contribution in [0.3, 0.4) is 0 Å². The summed E-state index contributed by atoms with van der Waals surface area (Å²) in [6.45, 7) is 0.401. The van der Waals surface area contributed by atoms with Crippen molar-refractivity contribution in [2.24, 2.45) is 10.2 Å². The monoisotopic (exact) mass is 1010 g/mol. The van der Waals surface area contributed by atoms with Gasteiger partial charge in [0.25, 0.3) is 30.4 Å². The van der Waals surface area contributed by atoms with E-state index in [4.69, 9.17) is 33.7 Å². The van der Waals surface area contributed by atoms with Gasteiger partial charge in [-0.05, 0) is 89.3 Å². The second kappa shape index (κ2) is 20.1. The first-order chi connectivity index (χ1) is 31.0. The molecule has 2 heterocycles. The van der Waals surface area contributed by atoms with Crippen molar-refractivity contribution in [1.29, 1.82) is 0 Å². The average molecular weight is 1010 g/mol. The Morgan fingerprint density at radius 2 is 1.39 bits per heavy atom. The van der Waals surface area contributed by atoms with E-state index in [0.717, 1.165) is 13.2 Å². The van der Waals surface area contributed by atoms with Crippen molar-refractivity contribution in [3.05, 3.63) is 82.5 Å². The first-order valence-electron chi connectivity index (χ1n) is 18.4. The summed E-state index contributed by atoms with van der Waals surface area (Å²) in [5.41, 5.74) is 6.67. The second-order valence-corrected chi connectivity index (χ2v) is 18.2. The Bertz CT molecular complexity index is 3190. The molecule has 0 spiro atoms. The number of ether oxygens (including phenoxy) is 1. The second-order valence-electron chi connectivity index (χ2n) is 13.4. The van der Waals surface area contributed by atoms with Crippen molar-refractivity contribution < 1.29 is 59.0 Å². The minimum absolute atomic E-state index is 0.0210. The Hall–Kier alpha value is -6.25. The molecule has 0 amide bonds. The molecule has 350 valence electrons. The fourth-order valence-corrected chi connectivity index (χ4v) is 8.22. The average Bonchev–Trinajstić information content (AvgIpc) is 3.22. The molecule has 0 aliphatic rings. The fourth-order valence-electron chi connectivity index (χ4n) is 5.97. The molecule has 6 rings (SSSR count). The number of benzene rings is 4. The summed E-state index contributed by atoms with van der Waals surface area (Å²) < 4.78 is 108. The highest BCUT2D eigenvalue weighted by Crippen LogP contribution is 2.43. The zero-order valence-electron chi connectivity index (χ0n) is 33.4. The van der Waals surface area contributed by atoms with Crippen molar-refractivity contribution in [3.63, 3.8) is 0 Å². The molecule has 0 saturated heterocycles. The minimum Gasteiger partial charge on any atom is -0.648 e. The van der Waals surface area contributed by atoms with Gasteiger partial charge in [0, 0.05) is 42.5 Å². The third kappa shape index (κ3) is 12.1. The van der Waals surface area contributed by atoms with E-state index in [1.165, 1.54) is 18.2 Å². The van der Waals surface area contributed by atoms with Crippen molar-refractivity contribution in [1.82, 2.24) is 29.9 Å². The first kappa shape index (κ1) is 49.2. The van der Waals surface area contributed by atoms with Crippen LogP contribution in [0.25, 0.3) is 16.5 Å². The van der Waals surface area contributed by atoms with Gasteiger partial charge in [-0.1, -0.05) is 12.1 Å². The SMILES string of the molecule is COc1cc(S(=O)(=O)O)c(N=Nc2c(S(=O)(=O)O)cc3cc(Nc4nc(Cl)nc(NCCCN(CCO)c5nc(Cl)nc(Nc6cccc(C([NH-])O)c6)n5)n4)ccc3c2O)cc1S(=O)(=O)O. The Morgan fingerprint density at radius 1 is 0.758 bits per heavy atom. The fraction of sp³-hybridized carbons (Fsp3) is 0.200. The molecular weight excluding hydrogens is 978 g/mol. The molecule has 2 aromatic heterocycles. The van der Waals surface area contributed by atoms with E-state index < -0.39 is 74.1 Å². The van der Waals surface area contributed by atoms with E-state index in [2.05, 4.69) is 56.1 Å². The number of fused-ring (bicyclic) bond motifs is 1. The number of nitrogens with one attached hydrogen (secondary N) is 4. The number of halogens is 2. The lowest BCUT2D eigenvalue weighted by atomic mass is 10.1. The van der Waals surface area contributed by atoms with Gasteiger partial charge >= 0.3 is 0 Å². The molecule has 6 aromatic rings. The highest BCUT2D eigenvalue weighted by atomic mass is 35.5. The molecule has 1 unspecified atom stereocenters. The third-order valence-corrected chi connectivity index (χ3v) is 11.8. The lowest BCUT2D eigenvalue weighted by molar-refractivity contribution is 0.229. The quantitative estimate of drug-likeness (QED) is 0.0285. The Balaban J connectivity index is 1.19. The molecule has 0 bridgehead atoms. The van der Waals surface area contributed by atoms with Gasteiger partial charge in [-0.15, -0.1) is 10.2 Å². The predicted molar refractivity (Wildman–Crippen MR) is 237 cm³/mol. The molecule has 0 aliphatic heterocycles. The summed E-state index contributed by atoms with van der Waals surface area (Å²) in [6, 6.07) is 12.3. The van der Waals surface area contributed by atoms with Crippen LogP contribution in [0.5, 0.6) is 11.5 Å². The number of anilines is 6. The van der Waals surface area contributed by atoms with Crippen molar-refractivity contribution >= 4 is 111 Å². The number of aromatic nitrogens is 6. The number of aromatic hydroxyl groups is 1. The summed E-state index contributed by atoms with van der Waals surface area (Å²) in [5.74, 6) is -1.46. The number of aliphatic hydroxyl groups excluding tert-OH is 2. The van der Waals surface area contributed by atoms with Crippen molar-refractivity contribution in [3.8, 4) is 11.5 Å². The van der Waals surface area contributed by atoms with Crippen LogP contribution in [-0.2, 0) is 30.4 Å². The standard InChI is InChI=1S/C35H34Cl2N13O13S3/c1-63-23-16-24(64(54,55)56)22(15-25(23)65(57,58)59)48-49-27-26(66(60,61)62)14-18-13-20(6-7-21(18)28(27)52)41-33-43-30(36)42-32(46-33)39-8-3-9-50(10-11-51)35-45-31(37)44-34(47-35)40-19-5-2-4-17(12-19)29(38)53/h2,4-7,12-16,29,38,51-53H,3,8-11H2,1H3,(H,54,55,56)(H,57,58,59)(H,60,61,62)(H,40,44,45,47)(H2,39,41,42,43,46)/q-1. The van der Waals surface area contributed by atoms with Crippen LogP contribution < -0.4 is 25.6 Å². The Kier molecular flexibility index (Phi) is 15.0. The molecule has 1 atom stereocenters. The maximum Gasteiger partial charge on any atom is 0.298 e. The molecule has 0 radical (unpaired) electrons. The molecule has 26 nitrogen and oxygen atoms in total. The van der Waals surface area contributed by atoms with Crippen LogP contribution in [0.1, 0.15) is 18.2 Å². The number of phenols is 1. The smallest absolute Gasteiger partial charge is 0.298 e. The predicted octanol–water partition coefficient (Wildman–Crippen LogP) is 5.22. The van der Waals surface area contributed by atoms with E-state index in [1.54, 1.807) is 29.2 Å². The molecule has 10 N–H and O–H groups in total. The number of nitrogens with zero attached hydrogens (tertiary/aromatic N) is 9. The van der Waals surface area contributed by atoms with Crippen LogP contribution >= 0.6 is 23.2 Å². The third-order valence-electron chi connectivity index (χ3n) is 8.85. The largest absolute Gasteiger partial charge is 0.648 e. The van der Waals surface area contributed by atoms with Gasteiger partial charge in [0.1, 0.15) is 31.8 Å². The molecule has 0 aliphatic carbocycles. The lowest BCUT2D eigenvalue weighted by Crippen LogP contribution is -2.31. The van der Waals surface area contributed by atoms with E-state index >= 15 is 0 Å². The maximum atomic E-state index is 12.5. The van der Waals surface area contributed by atoms with Gasteiger partial charge in [0.2, 0.25) is 34.4 Å². The van der Waals surface area contributed by atoms with E-state index in [9.17, 15) is 54.2 Å². The molecule has 31 heteroatoms. The van der Waals surface area contributed by atoms with Gasteiger partial charge in [0.05, 0.1) is 13.7 Å². The number of hydrogen-bond donors (Lipinski definition) is 9. The molecule has 4 aromatic carbocycles. The lowest BCUT2D eigenvalue weighted by Gasteiger charge is -2.22. The van der Waals surface area contributed by atoms with E-state index in [0.29, 0.717) is 36.3 Å². The van der Waals surface area contributed by atoms with Crippen LogP contribution in [0.2, 0.25) is 10.6 Å². The zero-order chi connectivity index (χ0) is 48.1. The normalized spacial score (nSPS) is 12.6. The highest BCUT2D eigenvalue weighted by molar-refractivity contribution is 7.86. The van der Waals surface area contributed by atoms with Crippen LogP contribution in [0, 0.1) is 0 Å².